The number of hydrogen-bond donors (Lipinski definition) is 2. The Morgan fingerprint density at radius 3 is 2.38 bits per heavy atom. The van der Waals surface area contributed by atoms with Crippen LogP contribution in [-0.4, -0.2) is 27.9 Å². The van der Waals surface area contributed by atoms with Crippen LogP contribution in [0.1, 0.15) is 27.8 Å². The molecule has 6 nitrogen and oxygen atoms in total. The summed E-state index contributed by atoms with van der Waals surface area (Å²) in [6.45, 7) is -0.230. The van der Waals surface area contributed by atoms with Crippen LogP contribution >= 0.6 is 34.8 Å². The summed E-state index contributed by atoms with van der Waals surface area (Å²) in [5, 5.41) is 6.67. The molecule has 2 amide bonds. The molecular weight excluding hydrogens is 435 g/mol. The van der Waals surface area contributed by atoms with E-state index in [1.165, 1.54) is 12.1 Å². The van der Waals surface area contributed by atoms with E-state index in [0.29, 0.717) is 15.9 Å². The Bertz CT molecular complexity index is 1030. The van der Waals surface area contributed by atoms with E-state index in [9.17, 15) is 9.59 Å². The first-order valence-corrected chi connectivity index (χ1v) is 9.74. The van der Waals surface area contributed by atoms with Gasteiger partial charge in [-0.2, -0.15) is 0 Å². The smallest absolute Gasteiger partial charge is 0.253 e. The molecule has 0 saturated carbocycles. The fourth-order valence-corrected chi connectivity index (χ4v) is 3.37. The van der Waals surface area contributed by atoms with E-state index in [1.54, 1.807) is 30.6 Å². The molecule has 2 aromatic carbocycles. The van der Waals surface area contributed by atoms with Gasteiger partial charge >= 0.3 is 0 Å². The van der Waals surface area contributed by atoms with Crippen molar-refractivity contribution in [3.63, 3.8) is 0 Å². The van der Waals surface area contributed by atoms with Gasteiger partial charge in [0.05, 0.1) is 17.1 Å². The Morgan fingerprint density at radius 1 is 1.07 bits per heavy atom. The highest BCUT2D eigenvalue weighted by atomic mass is 35.5. The fourth-order valence-electron chi connectivity index (χ4n) is 2.75. The molecule has 0 aliphatic heterocycles. The van der Waals surface area contributed by atoms with Crippen molar-refractivity contribution in [2.24, 2.45) is 7.05 Å². The van der Waals surface area contributed by atoms with Gasteiger partial charge in [0, 0.05) is 29.5 Å². The highest BCUT2D eigenvalue weighted by molar-refractivity contribution is 6.36. The average Bonchev–Trinajstić information content (AvgIpc) is 3.10. The molecule has 1 aromatic heterocycles. The average molecular weight is 452 g/mol. The third-order valence-electron chi connectivity index (χ3n) is 4.21. The number of imidazole rings is 1. The molecule has 150 valence electrons. The molecule has 3 rings (SSSR count). The molecule has 29 heavy (non-hydrogen) atoms. The lowest BCUT2D eigenvalue weighted by molar-refractivity contribution is -0.120. The van der Waals surface area contributed by atoms with Gasteiger partial charge < -0.3 is 15.2 Å². The maximum absolute atomic E-state index is 12.5. The van der Waals surface area contributed by atoms with E-state index in [0.717, 1.165) is 5.56 Å². The Balaban J connectivity index is 1.71. The van der Waals surface area contributed by atoms with E-state index in [2.05, 4.69) is 15.6 Å². The van der Waals surface area contributed by atoms with Crippen molar-refractivity contribution in [3.8, 4) is 0 Å². The van der Waals surface area contributed by atoms with E-state index >= 15 is 0 Å². The predicted molar refractivity (Wildman–Crippen MR) is 113 cm³/mol. The van der Waals surface area contributed by atoms with Crippen molar-refractivity contribution in [2.45, 2.75) is 6.04 Å². The number of carbonyl (C=O) groups excluding carboxylic acids is 2. The molecule has 0 saturated heterocycles. The second kappa shape index (κ2) is 9.31. The van der Waals surface area contributed by atoms with Gasteiger partial charge in [-0.05, 0) is 35.9 Å². The van der Waals surface area contributed by atoms with Crippen molar-refractivity contribution in [1.29, 1.82) is 0 Å². The zero-order valence-corrected chi connectivity index (χ0v) is 17.6. The molecule has 9 heteroatoms. The molecule has 1 atom stereocenters. The van der Waals surface area contributed by atoms with Gasteiger partial charge in [-0.25, -0.2) is 4.98 Å². The number of benzene rings is 2. The maximum atomic E-state index is 12.5. The molecular formula is C20H17Cl3N4O2. The van der Waals surface area contributed by atoms with E-state index < -0.39 is 11.9 Å². The highest BCUT2D eigenvalue weighted by Crippen LogP contribution is 2.23. The topological polar surface area (TPSA) is 76.0 Å². The van der Waals surface area contributed by atoms with Crippen molar-refractivity contribution in [3.05, 3.63) is 86.9 Å². The second-order valence-electron chi connectivity index (χ2n) is 6.26. The van der Waals surface area contributed by atoms with Crippen LogP contribution in [-0.2, 0) is 11.8 Å². The van der Waals surface area contributed by atoms with Crippen LogP contribution in [0.25, 0.3) is 0 Å². The quantitative estimate of drug-likeness (QED) is 0.594. The van der Waals surface area contributed by atoms with Gasteiger partial charge in [-0.1, -0.05) is 46.9 Å². The van der Waals surface area contributed by atoms with Gasteiger partial charge in [0.2, 0.25) is 5.91 Å². The summed E-state index contributed by atoms with van der Waals surface area (Å²) >= 11 is 17.8. The lowest BCUT2D eigenvalue weighted by atomic mass is 10.1. The standard InChI is InChI=1S/C20H17Cl3N4O2/c1-27-9-8-24-19(27)18(12-2-4-13(21)5-3-12)26-17(28)11-25-20(29)15-7-6-14(22)10-16(15)23/h2-10,18H,11H2,1H3,(H,25,29)(H,26,28). The Hall–Kier alpha value is -2.54. The summed E-state index contributed by atoms with van der Waals surface area (Å²) in [7, 11) is 1.84. The third kappa shape index (κ3) is 5.29. The normalized spacial score (nSPS) is 11.7. The number of carbonyl (C=O) groups is 2. The number of aryl methyl sites for hydroxylation is 1. The number of aromatic nitrogens is 2. The van der Waals surface area contributed by atoms with Crippen LogP contribution in [0.5, 0.6) is 0 Å². The molecule has 1 unspecified atom stereocenters. The van der Waals surface area contributed by atoms with Crippen LogP contribution in [0.4, 0.5) is 0 Å². The zero-order chi connectivity index (χ0) is 21.0. The fraction of sp³-hybridized carbons (Fsp3) is 0.150. The molecule has 1 heterocycles. The van der Waals surface area contributed by atoms with Crippen LogP contribution < -0.4 is 10.6 Å². The first-order chi connectivity index (χ1) is 13.8. The number of halogens is 3. The van der Waals surface area contributed by atoms with E-state index in [4.69, 9.17) is 34.8 Å². The number of amides is 2. The van der Waals surface area contributed by atoms with Gasteiger partial charge in [-0.15, -0.1) is 0 Å². The largest absolute Gasteiger partial charge is 0.343 e. The van der Waals surface area contributed by atoms with Crippen molar-refractivity contribution < 1.29 is 9.59 Å². The van der Waals surface area contributed by atoms with Crippen LogP contribution in [0.2, 0.25) is 15.1 Å². The predicted octanol–water partition coefficient (Wildman–Crippen LogP) is 4.02. The number of nitrogens with zero attached hydrogens (tertiary/aromatic N) is 2. The summed E-state index contributed by atoms with van der Waals surface area (Å²) in [5.74, 6) is -0.207. The molecule has 0 fully saturated rings. The molecule has 3 aromatic rings. The lowest BCUT2D eigenvalue weighted by Gasteiger charge is -2.19. The van der Waals surface area contributed by atoms with E-state index in [1.807, 2.05) is 23.7 Å². The summed E-state index contributed by atoms with van der Waals surface area (Å²) in [6, 6.07) is 11.1. The van der Waals surface area contributed by atoms with Gasteiger partial charge in [-0.3, -0.25) is 9.59 Å². The van der Waals surface area contributed by atoms with Crippen molar-refractivity contribution in [1.82, 2.24) is 20.2 Å². The molecule has 0 aliphatic carbocycles. The summed E-state index contributed by atoms with van der Waals surface area (Å²) in [4.78, 5) is 29.2. The van der Waals surface area contributed by atoms with Gasteiger partial charge in [0.25, 0.3) is 5.91 Å². The second-order valence-corrected chi connectivity index (χ2v) is 7.54. The summed E-state index contributed by atoms with van der Waals surface area (Å²) < 4.78 is 1.81. The van der Waals surface area contributed by atoms with Crippen LogP contribution in [0.3, 0.4) is 0 Å². The highest BCUT2D eigenvalue weighted by Gasteiger charge is 2.21. The Kier molecular flexibility index (Phi) is 6.79. The lowest BCUT2D eigenvalue weighted by Crippen LogP contribution is -2.39. The Morgan fingerprint density at radius 2 is 1.76 bits per heavy atom. The first kappa shape index (κ1) is 21.2. The molecule has 0 spiro atoms. The molecule has 0 radical (unpaired) electrons. The minimum absolute atomic E-state index is 0.211. The minimum atomic E-state index is -0.504. The third-order valence-corrected chi connectivity index (χ3v) is 5.01. The van der Waals surface area contributed by atoms with Gasteiger partial charge in [0.1, 0.15) is 11.9 Å². The first-order valence-electron chi connectivity index (χ1n) is 8.60. The van der Waals surface area contributed by atoms with Crippen molar-refractivity contribution >= 4 is 46.6 Å². The Labute approximate surface area is 182 Å². The summed E-state index contributed by atoms with van der Waals surface area (Å²) in [5.41, 5.74) is 1.05. The number of hydrogen-bond acceptors (Lipinski definition) is 3. The number of rotatable bonds is 6. The van der Waals surface area contributed by atoms with Crippen LogP contribution in [0, 0.1) is 0 Å². The van der Waals surface area contributed by atoms with E-state index in [-0.39, 0.29) is 23.0 Å². The SMILES string of the molecule is Cn1ccnc1C(NC(=O)CNC(=O)c1ccc(Cl)cc1Cl)c1ccc(Cl)cc1. The maximum Gasteiger partial charge on any atom is 0.253 e. The zero-order valence-electron chi connectivity index (χ0n) is 15.3. The number of nitrogens with one attached hydrogen (secondary N) is 2. The molecule has 2 N–H and O–H groups in total. The van der Waals surface area contributed by atoms with Crippen molar-refractivity contribution in [2.75, 3.05) is 6.54 Å². The van der Waals surface area contributed by atoms with Crippen LogP contribution in [0.15, 0.2) is 54.9 Å². The minimum Gasteiger partial charge on any atom is -0.343 e. The molecule has 0 aliphatic rings. The van der Waals surface area contributed by atoms with Gasteiger partial charge in [0.15, 0.2) is 0 Å². The monoisotopic (exact) mass is 450 g/mol. The summed E-state index contributed by atoms with van der Waals surface area (Å²) in [6.07, 6.45) is 3.43. The molecule has 0 bridgehead atoms.